The highest BCUT2D eigenvalue weighted by molar-refractivity contribution is 5.98. The molecule has 4 heterocycles. The third kappa shape index (κ3) is 12.5. The third-order valence-corrected chi connectivity index (χ3v) is 14.5. The normalized spacial score (nSPS) is 22.3. The summed E-state index contributed by atoms with van der Waals surface area (Å²) in [5.74, 6) is -4.21. The molecule has 8 rings (SSSR count). The number of aliphatic carboxylic acids is 1. The maximum absolute atomic E-state index is 14.1. The van der Waals surface area contributed by atoms with Crippen LogP contribution in [0.5, 0.6) is 11.5 Å². The summed E-state index contributed by atoms with van der Waals surface area (Å²) >= 11 is 0. The Morgan fingerprint density at radius 2 is 1.74 bits per heavy atom. The number of phenolic OH excluding ortho intramolecular Hbond substituents is 1. The van der Waals surface area contributed by atoms with Gasteiger partial charge in [0.1, 0.15) is 41.6 Å². The number of aromatic amines is 1. The Hall–Kier alpha value is -7.68. The summed E-state index contributed by atoms with van der Waals surface area (Å²) in [7, 11) is 0. The maximum atomic E-state index is 14.1. The zero-order valence-corrected chi connectivity index (χ0v) is 44.0. The number of guanidine groups is 1. The molecule has 80 heavy (non-hydrogen) atoms. The van der Waals surface area contributed by atoms with Crippen molar-refractivity contribution in [2.24, 2.45) is 10.7 Å². The second kappa shape index (κ2) is 25.6. The van der Waals surface area contributed by atoms with Gasteiger partial charge in [-0.05, 0) is 87.6 Å². The zero-order valence-electron chi connectivity index (χ0n) is 44.0. The molecule has 0 unspecified atom stereocenters. The number of rotatable bonds is 25. The molecule has 428 valence electrons. The van der Waals surface area contributed by atoms with Crippen LogP contribution in [0.3, 0.4) is 0 Å². The van der Waals surface area contributed by atoms with Crippen LogP contribution in [0.25, 0.3) is 44.3 Å². The number of fused-ring (bicyclic) bond motifs is 2. The Morgan fingerprint density at radius 3 is 2.41 bits per heavy atom. The van der Waals surface area contributed by atoms with E-state index in [4.69, 9.17) is 29.2 Å². The number of aromatic hydroxyl groups is 1. The number of aldehydes is 2. The average Bonchev–Trinajstić information content (AvgIpc) is 4.00. The van der Waals surface area contributed by atoms with Crippen LogP contribution in [-0.4, -0.2) is 162 Å². The van der Waals surface area contributed by atoms with Crippen LogP contribution in [0.4, 0.5) is 0 Å². The van der Waals surface area contributed by atoms with Gasteiger partial charge in [0.2, 0.25) is 24.7 Å². The predicted octanol–water partition coefficient (Wildman–Crippen LogP) is 1.82. The summed E-state index contributed by atoms with van der Waals surface area (Å²) in [6.45, 7) is 1.39. The number of benzene rings is 3. The number of ether oxygens (including phenoxy) is 3. The highest BCUT2D eigenvalue weighted by Gasteiger charge is 2.72. The number of aliphatic hydroxyl groups is 5. The number of hydrogen-bond donors (Lipinski definition) is 12. The SMILES string of the molecule is Cc1cc(C)cc(-c2c3[nH]ccc3cn2O[C@@H]2[C@@H](Oc3ccc4c(=O)c(-c5ccc(O)cc5)coc4c3)O[C@@H]([C@@H](N=C(N)N[C@H](C=O)CNC3CCCCC3)OC(=O)[C@H](NCCC=O)C(=O)O)[C@@](O)(CO)[C@]2(O)[C@H](O)CCCO)c1. The van der Waals surface area contributed by atoms with Crippen LogP contribution < -0.4 is 36.7 Å². The summed E-state index contributed by atoms with van der Waals surface area (Å²) in [5.41, 5.74) is 3.20. The first-order chi connectivity index (χ1) is 38.4. The number of nitrogens with one attached hydrogen (secondary N) is 4. The number of carbonyl (C=O) groups is 4. The van der Waals surface area contributed by atoms with Gasteiger partial charge in [-0.25, -0.2) is 14.6 Å². The van der Waals surface area contributed by atoms with Gasteiger partial charge < -0.3 is 90.2 Å². The molecular weight excluding hydrogens is 1040 g/mol. The van der Waals surface area contributed by atoms with Crippen LogP contribution in [0.2, 0.25) is 0 Å². The predicted molar refractivity (Wildman–Crippen MR) is 289 cm³/mol. The van der Waals surface area contributed by atoms with Crippen molar-refractivity contribution in [1.29, 1.82) is 0 Å². The minimum absolute atomic E-state index is 0.0237. The Balaban J connectivity index is 1.29. The quantitative estimate of drug-likeness (QED) is 0.00971. The molecule has 0 spiro atoms. The number of aryl methyl sites for hydroxylation is 2. The Bertz CT molecular complexity index is 3210. The number of aliphatic hydroxyl groups excluding tert-OH is 3. The highest BCUT2D eigenvalue weighted by atomic mass is 16.8. The number of phenols is 1. The first-order valence-electron chi connectivity index (χ1n) is 26.3. The molecule has 24 nitrogen and oxygen atoms in total. The number of H-pyrrole nitrogens is 1. The number of aliphatic imine (C=N–C) groups is 1. The number of aromatic nitrogens is 2. The Morgan fingerprint density at radius 1 is 1.00 bits per heavy atom. The largest absolute Gasteiger partial charge is 0.508 e. The Labute approximate surface area is 458 Å². The van der Waals surface area contributed by atoms with E-state index in [1.807, 2.05) is 32.0 Å². The summed E-state index contributed by atoms with van der Waals surface area (Å²) in [5, 5.41) is 90.3. The smallest absolute Gasteiger partial charge is 0.336 e. The van der Waals surface area contributed by atoms with E-state index >= 15 is 0 Å². The lowest BCUT2D eigenvalue weighted by Crippen LogP contribution is -2.82. The second-order valence-corrected chi connectivity index (χ2v) is 20.2. The molecule has 2 aliphatic rings. The maximum Gasteiger partial charge on any atom is 0.336 e. The van der Waals surface area contributed by atoms with E-state index in [2.05, 4.69) is 25.9 Å². The molecule has 1 aliphatic heterocycles. The van der Waals surface area contributed by atoms with Crippen LogP contribution >= 0.6 is 0 Å². The first kappa shape index (κ1) is 58.5. The number of carbonyl (C=O) groups excluding carboxylic acids is 3. The standard InChI is InChI=1S/C56H67N7O17/c1-31-22-32(2)24-35(23-31)46-44-34(17-19-59-44)27-63(46)80-49-53(77-39-15-16-40-42(25-39)76-29-41(47(40)70)33-11-13-38(68)14-12-33)78-48(55(74,30-67)56(49,75)43(69)10-6-20-64)50(79-52(73)45(51(71)72)58-18-7-21-65)62-54(57)61-37(28-66)26-60-36-8-4-3-5-9-36/h11-17,19,21-25,27-29,36-37,43,45,48-50,53,58-60,64,67-69,74-75H,3-10,18,20,26,30H2,1-2H3,(H,71,72)(H3,57,61,62)/t37-,43+,45+,48-,49+,50-,53-,55-,56-/m0/s1. The van der Waals surface area contributed by atoms with Crippen molar-refractivity contribution in [1.82, 2.24) is 25.7 Å². The van der Waals surface area contributed by atoms with Gasteiger partial charge in [0.15, 0.2) is 28.7 Å². The molecule has 0 bridgehead atoms. The van der Waals surface area contributed by atoms with Crippen LogP contribution in [0.1, 0.15) is 62.5 Å². The lowest BCUT2D eigenvalue weighted by molar-refractivity contribution is -0.386. The van der Waals surface area contributed by atoms with Crippen molar-refractivity contribution in [3.05, 3.63) is 107 Å². The number of hydrogen-bond acceptors (Lipinski definition) is 19. The van der Waals surface area contributed by atoms with E-state index < -0.39 is 97.1 Å². The number of carboxylic acid groups (broad SMARTS) is 1. The fraction of sp³-hybridized carbons (Fsp3) is 0.429. The van der Waals surface area contributed by atoms with Crippen molar-refractivity contribution in [2.45, 2.75) is 125 Å². The van der Waals surface area contributed by atoms with Crippen molar-refractivity contribution in [3.8, 4) is 33.9 Å². The van der Waals surface area contributed by atoms with Gasteiger partial charge in [0.25, 0.3) is 0 Å². The van der Waals surface area contributed by atoms with Crippen LogP contribution in [0, 0.1) is 13.8 Å². The van der Waals surface area contributed by atoms with Crippen molar-refractivity contribution in [3.63, 3.8) is 0 Å². The molecule has 3 aromatic carbocycles. The van der Waals surface area contributed by atoms with Gasteiger partial charge in [0, 0.05) is 55.4 Å². The summed E-state index contributed by atoms with van der Waals surface area (Å²) in [4.78, 5) is 78.7. The second-order valence-electron chi connectivity index (χ2n) is 20.2. The fourth-order valence-electron chi connectivity index (χ4n) is 10.5. The van der Waals surface area contributed by atoms with Gasteiger partial charge in [-0.15, -0.1) is 0 Å². The van der Waals surface area contributed by atoms with E-state index in [0.717, 1.165) is 43.2 Å². The molecule has 13 N–H and O–H groups in total. The first-order valence-corrected chi connectivity index (χ1v) is 26.3. The minimum Gasteiger partial charge on any atom is -0.508 e. The molecular formula is C56H67N7O17. The van der Waals surface area contributed by atoms with Gasteiger partial charge in [-0.3, -0.25) is 10.1 Å². The van der Waals surface area contributed by atoms with Crippen molar-refractivity contribution < 1.29 is 78.4 Å². The number of nitrogens with zero attached hydrogens (tertiary/aromatic N) is 2. The molecule has 0 radical (unpaired) electrons. The molecule has 6 aromatic rings. The van der Waals surface area contributed by atoms with Gasteiger partial charge in [-0.2, -0.15) is 4.73 Å². The van der Waals surface area contributed by atoms with Crippen LogP contribution in [-0.2, 0) is 28.7 Å². The fourth-order valence-corrected chi connectivity index (χ4v) is 10.5. The molecule has 1 saturated carbocycles. The third-order valence-electron chi connectivity index (χ3n) is 14.5. The van der Waals surface area contributed by atoms with E-state index in [0.29, 0.717) is 40.3 Å². The number of esters is 1. The van der Waals surface area contributed by atoms with E-state index in [1.54, 1.807) is 12.3 Å². The molecule has 1 aliphatic carbocycles. The van der Waals surface area contributed by atoms with Gasteiger partial charge in [-0.1, -0.05) is 48.6 Å². The topological polar surface area (TPSA) is 372 Å². The lowest BCUT2D eigenvalue weighted by Gasteiger charge is -2.57. The molecule has 0 amide bonds. The number of carboxylic acids is 1. The molecule has 1 saturated heterocycles. The summed E-state index contributed by atoms with van der Waals surface area (Å²) < 4.78 is 26.1. The molecule has 2 fully saturated rings. The number of nitrogens with two attached hydrogens (primary N) is 1. The molecule has 24 heteroatoms. The van der Waals surface area contributed by atoms with Crippen LogP contribution in [0.15, 0.2) is 99.6 Å². The Kier molecular flexibility index (Phi) is 18.7. The van der Waals surface area contributed by atoms with Gasteiger partial charge in [0.05, 0.1) is 41.4 Å². The van der Waals surface area contributed by atoms with E-state index in [9.17, 15) is 59.7 Å². The highest BCUT2D eigenvalue weighted by Crippen LogP contribution is 2.46. The monoisotopic (exact) mass is 1110 g/mol. The molecule has 3 aromatic heterocycles. The van der Waals surface area contributed by atoms with Crippen molar-refractivity contribution in [2.75, 3.05) is 26.3 Å². The zero-order chi connectivity index (χ0) is 57.3. The minimum atomic E-state index is -3.33. The van der Waals surface area contributed by atoms with Crippen molar-refractivity contribution >= 4 is 52.3 Å². The molecule has 9 atom stereocenters. The van der Waals surface area contributed by atoms with E-state index in [-0.39, 0.29) is 60.0 Å². The lowest BCUT2D eigenvalue weighted by atomic mass is 9.68. The van der Waals surface area contributed by atoms with E-state index in [1.165, 1.54) is 59.7 Å². The van der Waals surface area contributed by atoms with Gasteiger partial charge >= 0.3 is 11.9 Å². The average molecular weight is 1110 g/mol. The summed E-state index contributed by atoms with van der Waals surface area (Å²) in [6.07, 6.45) is -2.17. The summed E-state index contributed by atoms with van der Waals surface area (Å²) in [6, 6.07) is 14.1.